The predicted molar refractivity (Wildman–Crippen MR) is 131 cm³/mol. The summed E-state index contributed by atoms with van der Waals surface area (Å²) in [7, 11) is 0. The summed E-state index contributed by atoms with van der Waals surface area (Å²) in [6, 6.07) is 22.0. The number of phenolic OH excluding ortho intramolecular Hbond substituents is 5. The molecule has 0 fully saturated rings. The first-order valence-corrected chi connectivity index (χ1v) is 11.0. The average molecular weight is 453 g/mol. The normalized spacial score (nSPS) is 17.2. The van der Waals surface area contributed by atoms with E-state index in [1.165, 1.54) is 6.07 Å². The zero-order valence-corrected chi connectivity index (χ0v) is 18.3. The van der Waals surface area contributed by atoms with Crippen LogP contribution in [-0.4, -0.2) is 25.5 Å². The highest BCUT2D eigenvalue weighted by atomic mass is 16.3. The number of phenols is 5. The van der Waals surface area contributed by atoms with Gasteiger partial charge in [-0.05, 0) is 94.3 Å². The van der Waals surface area contributed by atoms with Gasteiger partial charge in [0, 0.05) is 12.0 Å². The molecule has 0 amide bonds. The summed E-state index contributed by atoms with van der Waals surface area (Å²) in [5, 5.41) is 50.2. The fourth-order valence-electron chi connectivity index (χ4n) is 4.96. The summed E-state index contributed by atoms with van der Waals surface area (Å²) in [6.07, 6.45) is 4.49. The third-order valence-electron chi connectivity index (χ3n) is 6.39. The monoisotopic (exact) mass is 452 g/mol. The molecule has 4 aromatic carbocycles. The van der Waals surface area contributed by atoms with E-state index in [1.807, 2.05) is 24.3 Å². The Labute approximate surface area is 197 Å². The summed E-state index contributed by atoms with van der Waals surface area (Å²) in [6.45, 7) is 0. The van der Waals surface area contributed by atoms with Crippen LogP contribution in [-0.2, 0) is 6.42 Å². The van der Waals surface area contributed by atoms with E-state index in [-0.39, 0.29) is 40.6 Å². The zero-order chi connectivity index (χ0) is 23.8. The highest BCUT2D eigenvalue weighted by Gasteiger charge is 2.37. The fourth-order valence-corrected chi connectivity index (χ4v) is 4.96. The van der Waals surface area contributed by atoms with Gasteiger partial charge in [-0.3, -0.25) is 0 Å². The first kappa shape index (κ1) is 21.5. The molecule has 5 rings (SSSR count). The Morgan fingerprint density at radius 2 is 1.15 bits per heavy atom. The SMILES string of the molecule is Oc1ccc(/C=C/c2cc(O)cc3c2[C@H](c2cc(O)cc(O)c2)[C@@H](c2ccc(O)cc2)C3)cc1. The van der Waals surface area contributed by atoms with Crippen LogP contribution < -0.4 is 0 Å². The summed E-state index contributed by atoms with van der Waals surface area (Å²) < 4.78 is 0. The lowest BCUT2D eigenvalue weighted by Crippen LogP contribution is -2.09. The van der Waals surface area contributed by atoms with Crippen LogP contribution in [0.2, 0.25) is 0 Å². The van der Waals surface area contributed by atoms with Crippen LogP contribution in [0.4, 0.5) is 0 Å². The maximum atomic E-state index is 10.5. The predicted octanol–water partition coefficient (Wildman–Crippen LogP) is 5.86. The second-order valence-corrected chi connectivity index (χ2v) is 8.70. The Bertz CT molecular complexity index is 1350. The van der Waals surface area contributed by atoms with Crippen molar-refractivity contribution in [3.8, 4) is 28.7 Å². The minimum atomic E-state index is -0.197. The second-order valence-electron chi connectivity index (χ2n) is 8.70. The summed E-state index contributed by atoms with van der Waals surface area (Å²) in [5.74, 6) is 0.266. The molecule has 0 aliphatic heterocycles. The van der Waals surface area contributed by atoms with Crippen molar-refractivity contribution in [3.63, 3.8) is 0 Å². The molecule has 4 aromatic rings. The molecule has 0 radical (unpaired) electrons. The third kappa shape index (κ3) is 4.16. The molecule has 5 N–H and O–H groups in total. The molecule has 5 nitrogen and oxygen atoms in total. The van der Waals surface area contributed by atoms with Gasteiger partial charge in [0.25, 0.3) is 0 Å². The van der Waals surface area contributed by atoms with E-state index in [0.717, 1.165) is 33.4 Å². The van der Waals surface area contributed by atoms with Gasteiger partial charge < -0.3 is 25.5 Å². The first-order valence-electron chi connectivity index (χ1n) is 11.0. The summed E-state index contributed by atoms with van der Waals surface area (Å²) in [5.41, 5.74) is 5.49. The third-order valence-corrected chi connectivity index (χ3v) is 6.39. The quantitative estimate of drug-likeness (QED) is 0.250. The van der Waals surface area contributed by atoms with Crippen molar-refractivity contribution in [1.29, 1.82) is 0 Å². The molecule has 0 spiro atoms. The van der Waals surface area contributed by atoms with Gasteiger partial charge in [-0.15, -0.1) is 0 Å². The Kier molecular flexibility index (Phi) is 5.38. The van der Waals surface area contributed by atoms with Crippen molar-refractivity contribution in [1.82, 2.24) is 0 Å². The molecule has 1 aliphatic rings. The molecule has 34 heavy (non-hydrogen) atoms. The Morgan fingerprint density at radius 3 is 1.79 bits per heavy atom. The van der Waals surface area contributed by atoms with Crippen molar-refractivity contribution >= 4 is 12.2 Å². The second kappa shape index (κ2) is 8.52. The molecule has 0 bridgehead atoms. The lowest BCUT2D eigenvalue weighted by atomic mass is 9.80. The van der Waals surface area contributed by atoms with E-state index < -0.39 is 0 Å². The topological polar surface area (TPSA) is 101 Å². The standard InChI is InChI=1S/C29H24O5/c30-22-7-2-17(3-8-22)1-4-19-11-24(32)14-21-15-27(18-5-9-23(31)10-6-18)29(28(19)21)20-12-25(33)16-26(34)13-20/h1-14,16,27,29-34H,15H2/b4-1+/t27-,29-/m1/s1. The number of hydrogen-bond donors (Lipinski definition) is 5. The Hall–Kier alpha value is -4.38. The van der Waals surface area contributed by atoms with E-state index >= 15 is 0 Å². The first-order chi connectivity index (χ1) is 16.4. The van der Waals surface area contributed by atoms with Gasteiger partial charge in [0.05, 0.1) is 0 Å². The molecular formula is C29H24O5. The van der Waals surface area contributed by atoms with Crippen LogP contribution in [0.5, 0.6) is 28.7 Å². The highest BCUT2D eigenvalue weighted by molar-refractivity contribution is 5.75. The molecular weight excluding hydrogens is 428 g/mol. The molecule has 170 valence electrons. The van der Waals surface area contributed by atoms with Crippen LogP contribution in [0.1, 0.15) is 45.2 Å². The number of aromatic hydroxyl groups is 5. The van der Waals surface area contributed by atoms with E-state index in [9.17, 15) is 25.5 Å². The maximum Gasteiger partial charge on any atom is 0.119 e. The molecule has 5 heteroatoms. The minimum Gasteiger partial charge on any atom is -0.508 e. The number of fused-ring (bicyclic) bond motifs is 1. The number of hydrogen-bond acceptors (Lipinski definition) is 5. The average Bonchev–Trinajstić information content (AvgIpc) is 3.17. The van der Waals surface area contributed by atoms with E-state index in [4.69, 9.17) is 0 Å². The van der Waals surface area contributed by atoms with Crippen molar-refractivity contribution in [2.24, 2.45) is 0 Å². The van der Waals surface area contributed by atoms with Gasteiger partial charge in [0.15, 0.2) is 0 Å². The largest absolute Gasteiger partial charge is 0.508 e. The number of rotatable bonds is 4. The van der Waals surface area contributed by atoms with E-state index in [1.54, 1.807) is 60.7 Å². The Balaban J connectivity index is 1.67. The molecule has 2 atom stereocenters. The van der Waals surface area contributed by atoms with Gasteiger partial charge in [0.2, 0.25) is 0 Å². The van der Waals surface area contributed by atoms with Crippen LogP contribution in [0.15, 0.2) is 78.9 Å². The highest BCUT2D eigenvalue weighted by Crippen LogP contribution is 2.51. The van der Waals surface area contributed by atoms with Gasteiger partial charge in [-0.2, -0.15) is 0 Å². The van der Waals surface area contributed by atoms with Crippen LogP contribution in [0.3, 0.4) is 0 Å². The van der Waals surface area contributed by atoms with Crippen molar-refractivity contribution < 1.29 is 25.5 Å². The lowest BCUT2D eigenvalue weighted by Gasteiger charge is -2.23. The summed E-state index contributed by atoms with van der Waals surface area (Å²) in [4.78, 5) is 0. The fraction of sp³-hybridized carbons (Fsp3) is 0.103. The van der Waals surface area contributed by atoms with Gasteiger partial charge in [0.1, 0.15) is 28.7 Å². The molecule has 1 aliphatic carbocycles. The molecule has 0 aromatic heterocycles. The van der Waals surface area contributed by atoms with Gasteiger partial charge in [-0.1, -0.05) is 36.4 Å². The molecule has 0 heterocycles. The number of benzene rings is 4. The van der Waals surface area contributed by atoms with Crippen molar-refractivity contribution in [2.45, 2.75) is 18.3 Å². The Morgan fingerprint density at radius 1 is 0.559 bits per heavy atom. The lowest BCUT2D eigenvalue weighted by molar-refractivity contribution is 0.448. The van der Waals surface area contributed by atoms with Gasteiger partial charge in [-0.25, -0.2) is 0 Å². The van der Waals surface area contributed by atoms with Crippen LogP contribution in [0.25, 0.3) is 12.2 Å². The van der Waals surface area contributed by atoms with Crippen LogP contribution >= 0.6 is 0 Å². The van der Waals surface area contributed by atoms with Crippen molar-refractivity contribution in [2.75, 3.05) is 0 Å². The molecule has 0 saturated carbocycles. The molecule has 0 unspecified atom stereocenters. The van der Waals surface area contributed by atoms with Gasteiger partial charge >= 0.3 is 0 Å². The molecule has 0 saturated heterocycles. The minimum absolute atomic E-state index is 0.0205. The zero-order valence-electron chi connectivity index (χ0n) is 18.3. The maximum absolute atomic E-state index is 10.5. The summed E-state index contributed by atoms with van der Waals surface area (Å²) >= 11 is 0. The van der Waals surface area contributed by atoms with Crippen LogP contribution in [0, 0.1) is 0 Å². The van der Waals surface area contributed by atoms with Crippen molar-refractivity contribution in [3.05, 3.63) is 112 Å². The van der Waals surface area contributed by atoms with E-state index in [0.29, 0.717) is 6.42 Å². The van der Waals surface area contributed by atoms with E-state index in [2.05, 4.69) is 0 Å². The smallest absolute Gasteiger partial charge is 0.119 e.